The van der Waals surface area contributed by atoms with Gasteiger partial charge < -0.3 is 19.9 Å². The van der Waals surface area contributed by atoms with Crippen molar-refractivity contribution in [3.05, 3.63) is 29.8 Å². The first kappa shape index (κ1) is 18.6. The van der Waals surface area contributed by atoms with Crippen LogP contribution in [0, 0.1) is 5.41 Å². The highest BCUT2D eigenvalue weighted by molar-refractivity contribution is 6.01. The number of aliphatic imine (C=N–C) groups is 1. The first-order valence-electron chi connectivity index (χ1n) is 9.90. The van der Waals surface area contributed by atoms with Crippen LogP contribution in [0.15, 0.2) is 23.5 Å². The minimum atomic E-state index is 0.199. The van der Waals surface area contributed by atoms with Crippen molar-refractivity contribution >= 4 is 12.2 Å². The predicted octanol–water partition coefficient (Wildman–Crippen LogP) is 2.16. The molecule has 0 saturated carbocycles. The van der Waals surface area contributed by atoms with Gasteiger partial charge in [-0.2, -0.15) is 0 Å². The lowest BCUT2D eigenvalue weighted by atomic mass is 9.93. The van der Waals surface area contributed by atoms with E-state index in [2.05, 4.69) is 26.3 Å². The van der Waals surface area contributed by atoms with E-state index in [-0.39, 0.29) is 6.04 Å². The highest BCUT2D eigenvalue weighted by Gasteiger charge is 2.23. The molecule has 0 radical (unpaired) electrons. The van der Waals surface area contributed by atoms with Crippen LogP contribution in [-0.4, -0.2) is 52.4 Å². The summed E-state index contributed by atoms with van der Waals surface area (Å²) in [6, 6.07) is 2.29. The number of aromatic nitrogens is 3. The summed E-state index contributed by atoms with van der Waals surface area (Å²) in [5, 5.41) is 14.0. The van der Waals surface area contributed by atoms with E-state index in [1.165, 1.54) is 0 Å². The van der Waals surface area contributed by atoms with E-state index in [9.17, 15) is 0 Å². The third kappa shape index (κ3) is 3.77. The second-order valence-electron chi connectivity index (χ2n) is 7.53. The minimum absolute atomic E-state index is 0.199. The maximum atomic E-state index is 7.34. The fraction of sp³-hybridized carbons (Fsp3) is 0.500. The third-order valence-corrected chi connectivity index (χ3v) is 5.11. The summed E-state index contributed by atoms with van der Waals surface area (Å²) in [4.78, 5) is 13.7. The highest BCUT2D eigenvalue weighted by atomic mass is 16.5. The van der Waals surface area contributed by atoms with Crippen LogP contribution in [0.4, 0.5) is 0 Å². The molecule has 0 aliphatic carbocycles. The quantitative estimate of drug-likeness (QED) is 0.557. The van der Waals surface area contributed by atoms with Crippen molar-refractivity contribution in [3.8, 4) is 17.1 Å². The molecule has 0 atom stereocenters. The third-order valence-electron chi connectivity index (χ3n) is 5.11. The molecule has 2 aromatic heterocycles. The SMILES string of the molecule is CC(C)N/C(=N\C=N)c1cn2c(n1)-c1cnc(C3CCNCC3)cc1OCC2. The average Bonchev–Trinajstić information content (AvgIpc) is 3.04. The number of nitrogens with zero attached hydrogens (tertiary/aromatic N) is 4. The fourth-order valence-corrected chi connectivity index (χ4v) is 3.77. The molecule has 2 aromatic rings. The summed E-state index contributed by atoms with van der Waals surface area (Å²) in [6.07, 6.45) is 7.11. The van der Waals surface area contributed by atoms with E-state index in [0.29, 0.717) is 24.9 Å². The van der Waals surface area contributed by atoms with E-state index in [1.54, 1.807) is 0 Å². The van der Waals surface area contributed by atoms with Gasteiger partial charge in [-0.1, -0.05) is 0 Å². The zero-order valence-electron chi connectivity index (χ0n) is 16.4. The molecule has 2 aliphatic heterocycles. The number of rotatable bonds is 4. The van der Waals surface area contributed by atoms with Crippen LogP contribution in [0.2, 0.25) is 0 Å². The Hall–Kier alpha value is -2.74. The molecule has 1 fully saturated rings. The monoisotopic (exact) mass is 381 g/mol. The smallest absolute Gasteiger partial charge is 0.155 e. The summed E-state index contributed by atoms with van der Waals surface area (Å²) < 4.78 is 8.11. The summed E-state index contributed by atoms with van der Waals surface area (Å²) in [5.41, 5.74) is 2.73. The van der Waals surface area contributed by atoms with E-state index in [0.717, 1.165) is 60.8 Å². The molecule has 3 N–H and O–H groups in total. The van der Waals surface area contributed by atoms with Crippen LogP contribution in [0.25, 0.3) is 11.4 Å². The van der Waals surface area contributed by atoms with Crippen molar-refractivity contribution in [2.24, 2.45) is 4.99 Å². The molecule has 0 aromatic carbocycles. The van der Waals surface area contributed by atoms with Crippen molar-refractivity contribution in [2.45, 2.75) is 45.2 Å². The molecule has 8 heteroatoms. The van der Waals surface area contributed by atoms with Crippen molar-refractivity contribution in [2.75, 3.05) is 19.7 Å². The topological polar surface area (TPSA) is 100 Å². The van der Waals surface area contributed by atoms with Gasteiger partial charge in [-0.25, -0.2) is 9.98 Å². The van der Waals surface area contributed by atoms with E-state index >= 15 is 0 Å². The number of nitrogens with one attached hydrogen (secondary N) is 3. The molecular weight excluding hydrogens is 354 g/mol. The predicted molar refractivity (Wildman–Crippen MR) is 109 cm³/mol. The number of ether oxygens (including phenoxy) is 1. The molecular formula is C20H27N7O. The lowest BCUT2D eigenvalue weighted by Crippen LogP contribution is -2.31. The molecule has 8 nitrogen and oxygen atoms in total. The van der Waals surface area contributed by atoms with Crippen LogP contribution in [0.5, 0.6) is 5.75 Å². The number of hydrogen-bond acceptors (Lipinski definition) is 5. The second kappa shape index (κ2) is 8.10. The Bertz CT molecular complexity index is 881. The second-order valence-corrected chi connectivity index (χ2v) is 7.53. The van der Waals surface area contributed by atoms with Crippen LogP contribution in [0.1, 0.15) is 44.0 Å². The molecule has 1 saturated heterocycles. The van der Waals surface area contributed by atoms with E-state index < -0.39 is 0 Å². The van der Waals surface area contributed by atoms with Crippen LogP contribution in [0.3, 0.4) is 0 Å². The Morgan fingerprint density at radius 1 is 1.43 bits per heavy atom. The van der Waals surface area contributed by atoms with E-state index in [1.807, 2.05) is 26.2 Å². The number of hydrogen-bond donors (Lipinski definition) is 3. The van der Waals surface area contributed by atoms with Crippen LogP contribution >= 0.6 is 0 Å². The molecule has 0 amide bonds. The number of pyridine rings is 1. The Kier molecular flexibility index (Phi) is 5.38. The van der Waals surface area contributed by atoms with Gasteiger partial charge in [0.05, 0.1) is 12.1 Å². The molecule has 4 rings (SSSR count). The van der Waals surface area contributed by atoms with Crippen LogP contribution < -0.4 is 15.4 Å². The molecule has 0 spiro atoms. The van der Waals surface area contributed by atoms with Gasteiger partial charge in [0.1, 0.15) is 30.2 Å². The molecule has 0 bridgehead atoms. The Balaban J connectivity index is 1.69. The van der Waals surface area contributed by atoms with Crippen LogP contribution in [-0.2, 0) is 6.54 Å². The normalized spacial score (nSPS) is 17.5. The summed E-state index contributed by atoms with van der Waals surface area (Å²) in [7, 11) is 0. The van der Waals surface area contributed by atoms with Gasteiger partial charge >= 0.3 is 0 Å². The Morgan fingerprint density at radius 2 is 2.25 bits per heavy atom. The van der Waals surface area contributed by atoms with Gasteiger partial charge in [-0.05, 0) is 39.8 Å². The lowest BCUT2D eigenvalue weighted by molar-refractivity contribution is 0.305. The lowest BCUT2D eigenvalue weighted by Gasteiger charge is -2.22. The molecule has 148 valence electrons. The largest absolute Gasteiger partial charge is 0.491 e. The number of amidine groups is 1. The number of imidazole rings is 1. The number of fused-ring (bicyclic) bond motifs is 3. The van der Waals surface area contributed by atoms with Gasteiger partial charge in [0.25, 0.3) is 0 Å². The summed E-state index contributed by atoms with van der Waals surface area (Å²) in [5.74, 6) is 2.76. The molecule has 28 heavy (non-hydrogen) atoms. The van der Waals surface area contributed by atoms with E-state index in [4.69, 9.17) is 20.1 Å². The van der Waals surface area contributed by atoms with Crippen molar-refractivity contribution in [1.82, 2.24) is 25.2 Å². The number of piperidine rings is 1. The zero-order valence-corrected chi connectivity index (χ0v) is 16.4. The standard InChI is InChI=1S/C20H27N7O/c1-13(2)25-19(24-12-21)17-11-27-7-8-28-18-9-16(14-3-5-22-6-4-14)23-10-15(18)20(27)26-17/h9-14,22H,3-8H2,1-2H3,(H2,21,24,25). The maximum Gasteiger partial charge on any atom is 0.155 e. The summed E-state index contributed by atoms with van der Waals surface area (Å²) >= 11 is 0. The van der Waals surface area contributed by atoms with Gasteiger partial charge in [-0.15, -0.1) is 0 Å². The van der Waals surface area contributed by atoms with Gasteiger partial charge in [0.2, 0.25) is 0 Å². The van der Waals surface area contributed by atoms with Crippen molar-refractivity contribution in [3.63, 3.8) is 0 Å². The van der Waals surface area contributed by atoms with Crippen molar-refractivity contribution in [1.29, 1.82) is 5.41 Å². The van der Waals surface area contributed by atoms with Gasteiger partial charge in [0.15, 0.2) is 5.84 Å². The minimum Gasteiger partial charge on any atom is -0.491 e. The highest BCUT2D eigenvalue weighted by Crippen LogP contribution is 2.35. The zero-order chi connectivity index (χ0) is 19.5. The van der Waals surface area contributed by atoms with Gasteiger partial charge in [0, 0.05) is 36.1 Å². The fourth-order valence-electron chi connectivity index (χ4n) is 3.77. The molecule has 0 unspecified atom stereocenters. The Morgan fingerprint density at radius 3 is 3.00 bits per heavy atom. The first-order valence-corrected chi connectivity index (χ1v) is 9.90. The average molecular weight is 381 g/mol. The van der Waals surface area contributed by atoms with Crippen molar-refractivity contribution < 1.29 is 4.74 Å². The summed E-state index contributed by atoms with van der Waals surface area (Å²) in [6.45, 7) is 7.44. The molecule has 2 aliphatic rings. The van der Waals surface area contributed by atoms with Gasteiger partial charge in [-0.3, -0.25) is 10.4 Å². The first-order chi connectivity index (χ1) is 13.7. The molecule has 4 heterocycles. The Labute approximate surface area is 165 Å². The maximum absolute atomic E-state index is 7.34.